The van der Waals surface area contributed by atoms with E-state index in [9.17, 15) is 39.5 Å². The van der Waals surface area contributed by atoms with Crippen molar-refractivity contribution in [2.24, 2.45) is 0 Å². The highest BCUT2D eigenvalue weighted by Gasteiger charge is 2.41. The molecule has 4 aromatic rings. The first-order chi connectivity index (χ1) is 20.9. The van der Waals surface area contributed by atoms with Crippen LogP contribution >= 0.6 is 0 Å². The zero-order valence-electron chi connectivity index (χ0n) is 22.9. The summed E-state index contributed by atoms with van der Waals surface area (Å²) in [5.41, 5.74) is -2.23. The van der Waals surface area contributed by atoms with E-state index in [0.717, 1.165) is 49.2 Å². The third-order valence-electron chi connectivity index (χ3n) is 6.27. The lowest BCUT2D eigenvalue weighted by Crippen LogP contribution is -2.25. The van der Waals surface area contributed by atoms with Gasteiger partial charge in [-0.3, -0.25) is 0 Å². The fraction of sp³-hybridized carbons (Fsp3) is 0.176. The molecule has 0 aliphatic carbocycles. The van der Waals surface area contributed by atoms with E-state index >= 15 is 0 Å². The molecule has 0 spiro atoms. The fourth-order valence-electron chi connectivity index (χ4n) is 4.10. The summed E-state index contributed by atoms with van der Waals surface area (Å²) in [5.74, 6) is -0.966. The molecule has 0 saturated carbocycles. The van der Waals surface area contributed by atoms with E-state index in [0.29, 0.717) is 25.0 Å². The lowest BCUT2D eigenvalue weighted by Gasteiger charge is -2.20. The quantitative estimate of drug-likeness (QED) is 0.0871. The Labute approximate surface area is 247 Å². The van der Waals surface area contributed by atoms with Crippen molar-refractivity contribution in [3.8, 4) is 29.4 Å². The Hall–Kier alpha value is -4.83. The fourth-order valence-corrected chi connectivity index (χ4v) is 4.10. The third-order valence-corrected chi connectivity index (χ3v) is 6.27. The SMILES string of the molecule is CCCCCc1cc(F)c(C(F)(F)Oc2ccc(C#Cc3cc(F)c(C#Cc4cc(F)c(F)c(F)c4)c(F)c3)cc2)c(F)c1. The van der Waals surface area contributed by atoms with Crippen LogP contribution in [0.15, 0.2) is 60.7 Å². The Morgan fingerprint density at radius 3 is 1.64 bits per heavy atom. The van der Waals surface area contributed by atoms with Crippen molar-refractivity contribution in [3.05, 3.63) is 135 Å². The van der Waals surface area contributed by atoms with Crippen molar-refractivity contribution in [1.29, 1.82) is 0 Å². The molecule has 0 aromatic heterocycles. The summed E-state index contributed by atoms with van der Waals surface area (Å²) in [6, 6.07) is 9.21. The normalized spacial score (nSPS) is 11.0. The van der Waals surface area contributed by atoms with Gasteiger partial charge in [-0.25, -0.2) is 30.7 Å². The van der Waals surface area contributed by atoms with Crippen molar-refractivity contribution < 1.29 is 44.3 Å². The number of aryl methyl sites for hydroxylation is 1. The second kappa shape index (κ2) is 13.6. The molecular formula is C34H21F9O. The Morgan fingerprint density at radius 2 is 1.09 bits per heavy atom. The van der Waals surface area contributed by atoms with E-state index in [-0.39, 0.29) is 22.3 Å². The summed E-state index contributed by atoms with van der Waals surface area (Å²) < 4.78 is 132. The summed E-state index contributed by atoms with van der Waals surface area (Å²) in [7, 11) is 0. The number of rotatable bonds is 7. The van der Waals surface area contributed by atoms with Crippen LogP contribution in [0.5, 0.6) is 5.75 Å². The highest BCUT2D eigenvalue weighted by Crippen LogP contribution is 2.35. The molecule has 226 valence electrons. The topological polar surface area (TPSA) is 9.23 Å². The smallest absolute Gasteiger partial charge is 0.429 e. The molecule has 0 atom stereocenters. The van der Waals surface area contributed by atoms with Gasteiger partial charge in [0.1, 0.15) is 34.6 Å². The van der Waals surface area contributed by atoms with E-state index in [1.165, 1.54) is 12.1 Å². The van der Waals surface area contributed by atoms with Crippen LogP contribution in [0.3, 0.4) is 0 Å². The highest BCUT2D eigenvalue weighted by molar-refractivity contribution is 5.50. The average molecular weight is 617 g/mol. The molecule has 0 amide bonds. The third kappa shape index (κ3) is 7.76. The van der Waals surface area contributed by atoms with Crippen LogP contribution in [0, 0.1) is 64.4 Å². The zero-order chi connectivity index (χ0) is 32.0. The van der Waals surface area contributed by atoms with Crippen LogP contribution in [0.2, 0.25) is 0 Å². The first kappa shape index (κ1) is 32.1. The van der Waals surface area contributed by atoms with Crippen molar-refractivity contribution in [1.82, 2.24) is 0 Å². The highest BCUT2D eigenvalue weighted by atomic mass is 19.3. The van der Waals surface area contributed by atoms with Gasteiger partial charge < -0.3 is 4.74 Å². The summed E-state index contributed by atoms with van der Waals surface area (Å²) in [6.45, 7) is 1.96. The minimum Gasteiger partial charge on any atom is -0.429 e. The minimum absolute atomic E-state index is 0.125. The van der Waals surface area contributed by atoms with Gasteiger partial charge in [-0.2, -0.15) is 8.78 Å². The second-order valence-corrected chi connectivity index (χ2v) is 9.60. The van der Waals surface area contributed by atoms with Crippen LogP contribution in [-0.4, -0.2) is 0 Å². The lowest BCUT2D eigenvalue weighted by molar-refractivity contribution is -0.189. The molecule has 4 aromatic carbocycles. The Bertz CT molecular complexity index is 1740. The van der Waals surface area contributed by atoms with Crippen molar-refractivity contribution in [3.63, 3.8) is 0 Å². The van der Waals surface area contributed by atoms with Crippen molar-refractivity contribution in [2.45, 2.75) is 38.7 Å². The molecule has 0 bridgehead atoms. The second-order valence-electron chi connectivity index (χ2n) is 9.60. The standard InChI is InChI=1S/C34H21F9O/c1-2-3-4-5-21-16-28(37)32(29(38)17-21)34(42,43)44-24-11-8-20(9-12-24)6-7-22-14-26(35)25(27(36)15-22)13-10-23-18-30(39)33(41)31(40)19-23/h8-9,11-12,14-19H,2-5H2,1H3. The van der Waals surface area contributed by atoms with Crippen LogP contribution in [0.25, 0.3) is 0 Å². The molecule has 0 saturated heterocycles. The molecule has 0 aliphatic rings. The van der Waals surface area contributed by atoms with E-state index in [1.54, 1.807) is 0 Å². The van der Waals surface area contributed by atoms with E-state index in [1.807, 2.05) is 6.92 Å². The van der Waals surface area contributed by atoms with Gasteiger partial charge in [0.05, 0.1) is 5.56 Å². The number of hydrogen-bond donors (Lipinski definition) is 0. The Balaban J connectivity index is 1.47. The first-order valence-electron chi connectivity index (χ1n) is 13.2. The molecule has 44 heavy (non-hydrogen) atoms. The van der Waals surface area contributed by atoms with Crippen LogP contribution < -0.4 is 4.74 Å². The molecule has 0 aliphatic heterocycles. The van der Waals surface area contributed by atoms with Gasteiger partial charge in [0.2, 0.25) is 0 Å². The molecule has 1 nitrogen and oxygen atoms in total. The molecule has 10 heteroatoms. The predicted octanol–water partition coefficient (Wildman–Crippen LogP) is 9.32. The maximum absolute atomic E-state index is 14.7. The summed E-state index contributed by atoms with van der Waals surface area (Å²) in [5, 5.41) is 0. The Kier molecular flexibility index (Phi) is 9.95. The van der Waals surface area contributed by atoms with Gasteiger partial charge in [0, 0.05) is 16.7 Å². The van der Waals surface area contributed by atoms with Gasteiger partial charge in [-0.1, -0.05) is 43.4 Å². The molecule has 0 radical (unpaired) electrons. The molecule has 0 heterocycles. The van der Waals surface area contributed by atoms with Crippen molar-refractivity contribution in [2.75, 3.05) is 0 Å². The van der Waals surface area contributed by atoms with Gasteiger partial charge >= 0.3 is 6.11 Å². The Morgan fingerprint density at radius 1 is 0.591 bits per heavy atom. The monoisotopic (exact) mass is 616 g/mol. The van der Waals surface area contributed by atoms with Gasteiger partial charge in [0.25, 0.3) is 0 Å². The number of unbranched alkanes of at least 4 members (excludes halogenated alkanes) is 2. The number of halogens is 9. The lowest BCUT2D eigenvalue weighted by atomic mass is 10.0. The zero-order valence-corrected chi connectivity index (χ0v) is 22.9. The summed E-state index contributed by atoms with van der Waals surface area (Å²) >= 11 is 0. The maximum Gasteiger partial charge on any atom is 0.432 e. The van der Waals surface area contributed by atoms with Crippen LogP contribution in [-0.2, 0) is 12.5 Å². The molecular weight excluding hydrogens is 595 g/mol. The summed E-state index contributed by atoms with van der Waals surface area (Å²) in [6.07, 6.45) is -1.62. The maximum atomic E-state index is 14.7. The molecule has 0 fully saturated rings. The van der Waals surface area contributed by atoms with E-state index < -0.39 is 63.7 Å². The van der Waals surface area contributed by atoms with Gasteiger partial charge in [0.15, 0.2) is 17.5 Å². The van der Waals surface area contributed by atoms with Gasteiger partial charge in [-0.15, -0.1) is 0 Å². The molecule has 4 rings (SSSR count). The minimum atomic E-state index is -4.33. The number of hydrogen-bond acceptors (Lipinski definition) is 1. The van der Waals surface area contributed by atoms with Crippen LogP contribution in [0.1, 0.15) is 59.6 Å². The number of alkyl halides is 2. The van der Waals surface area contributed by atoms with Crippen LogP contribution in [0.4, 0.5) is 39.5 Å². The summed E-state index contributed by atoms with van der Waals surface area (Å²) in [4.78, 5) is 0. The number of benzene rings is 4. The largest absolute Gasteiger partial charge is 0.432 e. The van der Waals surface area contributed by atoms with Gasteiger partial charge in [-0.05, 0) is 79.1 Å². The first-order valence-corrected chi connectivity index (χ1v) is 13.2. The number of ether oxygens (including phenoxy) is 1. The van der Waals surface area contributed by atoms with E-state index in [2.05, 4.69) is 28.4 Å². The molecule has 0 N–H and O–H groups in total. The van der Waals surface area contributed by atoms with E-state index in [4.69, 9.17) is 0 Å². The average Bonchev–Trinajstić information content (AvgIpc) is 2.94. The van der Waals surface area contributed by atoms with Crippen molar-refractivity contribution >= 4 is 0 Å². The predicted molar refractivity (Wildman–Crippen MR) is 145 cm³/mol. The molecule has 0 unspecified atom stereocenters.